The van der Waals surface area contributed by atoms with Crippen molar-refractivity contribution in [3.8, 4) is 5.75 Å². The number of phenols is 1. The molecule has 2 aliphatic rings. The summed E-state index contributed by atoms with van der Waals surface area (Å²) in [5, 5.41) is 9.51. The van der Waals surface area contributed by atoms with Crippen LogP contribution in [0, 0.1) is 0 Å². The Morgan fingerprint density at radius 1 is 1.19 bits per heavy atom. The van der Waals surface area contributed by atoms with Crippen LogP contribution in [0.5, 0.6) is 5.75 Å². The number of aromatic hydroxyl groups is 1. The van der Waals surface area contributed by atoms with Crippen molar-refractivity contribution < 1.29 is 14.7 Å². The molecule has 2 aliphatic carbocycles. The summed E-state index contributed by atoms with van der Waals surface area (Å²) in [5.41, 5.74) is 0.863. The number of hydrogen-bond acceptors (Lipinski definition) is 3. The Bertz CT molecular complexity index is 923. The lowest BCUT2D eigenvalue weighted by molar-refractivity contribution is -0.127. The van der Waals surface area contributed by atoms with Crippen LogP contribution in [0.4, 0.5) is 0 Å². The van der Waals surface area contributed by atoms with Crippen LogP contribution >= 0.6 is 62.3 Å². The van der Waals surface area contributed by atoms with E-state index in [4.69, 9.17) is 46.4 Å². The van der Waals surface area contributed by atoms with E-state index in [1.165, 1.54) is 12.1 Å². The molecule has 0 saturated heterocycles. The molecule has 0 amide bonds. The Labute approximate surface area is 178 Å². The number of rotatable bonds is 2. The fourth-order valence-electron chi connectivity index (χ4n) is 3.44. The first kappa shape index (κ1) is 20.0. The lowest BCUT2D eigenvalue weighted by Crippen LogP contribution is -2.64. The highest BCUT2D eigenvalue weighted by molar-refractivity contribution is 9.10. The highest BCUT2D eigenvalue weighted by Gasteiger charge is 2.68. The van der Waals surface area contributed by atoms with Crippen molar-refractivity contribution in [3.63, 3.8) is 0 Å². The third-order valence-electron chi connectivity index (χ3n) is 4.74. The first-order valence-electron chi connectivity index (χ1n) is 7.43. The zero-order valence-electron chi connectivity index (χ0n) is 13.0. The fraction of sp³-hybridized carbons (Fsp3) is 0.222. The molecule has 0 fully saturated rings. The summed E-state index contributed by atoms with van der Waals surface area (Å²) in [6.07, 6.45) is 3.15. The number of fused-ring (bicyclic) bond motifs is 1. The van der Waals surface area contributed by atoms with E-state index in [0.29, 0.717) is 15.6 Å². The number of ketones is 2. The zero-order chi connectivity index (χ0) is 19.4. The maximum atomic E-state index is 13.1. The Morgan fingerprint density at radius 3 is 2.42 bits per heavy atom. The fourth-order valence-corrected chi connectivity index (χ4v) is 5.26. The van der Waals surface area contributed by atoms with Gasteiger partial charge >= 0.3 is 0 Å². The van der Waals surface area contributed by atoms with Crippen LogP contribution in [-0.2, 0) is 9.59 Å². The molecule has 0 saturated carbocycles. The third-order valence-corrected chi connectivity index (χ3v) is 7.49. The number of halogens is 5. The van der Waals surface area contributed by atoms with Crippen LogP contribution in [0.15, 0.2) is 57.0 Å². The predicted molar refractivity (Wildman–Crippen MR) is 107 cm³/mol. The zero-order valence-corrected chi connectivity index (χ0v) is 17.6. The molecule has 3 atom stereocenters. The summed E-state index contributed by atoms with van der Waals surface area (Å²) in [7, 11) is 0. The quantitative estimate of drug-likeness (QED) is 0.546. The van der Waals surface area contributed by atoms with Gasteiger partial charge in [0.15, 0.2) is 11.6 Å². The van der Waals surface area contributed by atoms with E-state index in [-0.39, 0.29) is 12.2 Å². The van der Waals surface area contributed by atoms with Crippen molar-refractivity contribution in [3.05, 3.63) is 62.6 Å². The molecule has 0 radical (unpaired) electrons. The highest BCUT2D eigenvalue weighted by Crippen LogP contribution is 2.60. The molecule has 3 nitrogen and oxygen atoms in total. The van der Waals surface area contributed by atoms with Crippen molar-refractivity contribution in [1.82, 2.24) is 0 Å². The van der Waals surface area contributed by atoms with Gasteiger partial charge in [-0.3, -0.25) is 9.59 Å². The molecule has 3 rings (SSSR count). The number of carbonyl (C=O) groups is 2. The summed E-state index contributed by atoms with van der Waals surface area (Å²) < 4.78 is 0.647. The van der Waals surface area contributed by atoms with Gasteiger partial charge in [0.2, 0.25) is 0 Å². The molecular weight excluding hydrogens is 486 g/mol. The molecule has 8 heteroatoms. The summed E-state index contributed by atoms with van der Waals surface area (Å²) in [6, 6.07) is 4.69. The maximum absolute atomic E-state index is 13.1. The minimum atomic E-state index is -1.97. The summed E-state index contributed by atoms with van der Waals surface area (Å²) in [4.78, 5) is 22.1. The number of allylic oxidation sites excluding steroid dienone is 5. The molecule has 3 unspecified atom stereocenters. The molecule has 1 N–H and O–H groups in total. The van der Waals surface area contributed by atoms with E-state index in [9.17, 15) is 14.7 Å². The van der Waals surface area contributed by atoms with Crippen molar-refractivity contribution >= 4 is 73.9 Å². The summed E-state index contributed by atoms with van der Waals surface area (Å²) >= 11 is 28.7. The van der Waals surface area contributed by atoms with Crippen LogP contribution in [0.3, 0.4) is 0 Å². The summed E-state index contributed by atoms with van der Waals surface area (Å²) in [5.74, 6) is -2.55. The highest BCUT2D eigenvalue weighted by atomic mass is 79.9. The first-order chi connectivity index (χ1) is 12.1. The minimum absolute atomic E-state index is 0.0321. The van der Waals surface area contributed by atoms with E-state index >= 15 is 0 Å². The number of Topliss-reactive ketones (excluding diaryl/α,β-unsaturated/α-hetero) is 2. The second-order valence-electron chi connectivity index (χ2n) is 6.05. The van der Waals surface area contributed by atoms with E-state index in [2.05, 4.69) is 22.5 Å². The lowest BCUT2D eigenvalue weighted by Gasteiger charge is -2.50. The van der Waals surface area contributed by atoms with Gasteiger partial charge in [-0.1, -0.05) is 57.9 Å². The Morgan fingerprint density at radius 2 is 1.81 bits per heavy atom. The Kier molecular flexibility index (Phi) is 5.13. The smallest absolute Gasteiger partial charge is 0.199 e. The second kappa shape index (κ2) is 6.68. The molecule has 1 aromatic carbocycles. The van der Waals surface area contributed by atoms with Crippen molar-refractivity contribution in [1.29, 1.82) is 0 Å². The lowest BCUT2D eigenvalue weighted by atomic mass is 9.62. The third kappa shape index (κ3) is 2.54. The monoisotopic (exact) mass is 494 g/mol. The number of phenolic OH excluding ortho intramolecular Hbond substituents is 1. The van der Waals surface area contributed by atoms with Gasteiger partial charge in [0.25, 0.3) is 0 Å². The van der Waals surface area contributed by atoms with Crippen LogP contribution in [0.2, 0.25) is 0 Å². The molecule has 0 spiro atoms. The van der Waals surface area contributed by atoms with E-state index < -0.39 is 37.3 Å². The van der Waals surface area contributed by atoms with Gasteiger partial charge in [-0.2, -0.15) is 0 Å². The number of alkyl halides is 2. The van der Waals surface area contributed by atoms with Gasteiger partial charge in [0.1, 0.15) is 25.6 Å². The summed E-state index contributed by atoms with van der Waals surface area (Å²) in [6.45, 7) is 3.75. The van der Waals surface area contributed by atoms with Gasteiger partial charge in [0.05, 0.1) is 0 Å². The van der Waals surface area contributed by atoms with Gasteiger partial charge < -0.3 is 5.11 Å². The number of carbonyl (C=O) groups excluding carboxylic acids is 2. The standard InChI is InChI=1S/C18H11BrCl4O3/c1-2-8-5-6-17(22)15(25)13(20)14(21)16(26)18(17,23)12(8)10-7-9(19)3-4-11(10)24/h2-5,7,12,24H,1,6H2. The molecule has 0 aliphatic heterocycles. The number of hydrogen-bond donors (Lipinski definition) is 1. The maximum Gasteiger partial charge on any atom is 0.199 e. The van der Waals surface area contributed by atoms with Crippen molar-refractivity contribution in [2.24, 2.45) is 0 Å². The van der Waals surface area contributed by atoms with E-state index in [1.54, 1.807) is 18.2 Å². The second-order valence-corrected chi connectivity index (χ2v) is 8.96. The molecule has 1 aromatic rings. The van der Waals surface area contributed by atoms with Gasteiger partial charge in [-0.25, -0.2) is 0 Å². The number of benzene rings is 1. The van der Waals surface area contributed by atoms with E-state index in [1.807, 2.05) is 0 Å². The largest absolute Gasteiger partial charge is 0.508 e. The van der Waals surface area contributed by atoms with Crippen molar-refractivity contribution in [2.45, 2.75) is 22.1 Å². The molecule has 136 valence electrons. The van der Waals surface area contributed by atoms with Crippen LogP contribution in [-0.4, -0.2) is 26.4 Å². The van der Waals surface area contributed by atoms with Crippen LogP contribution in [0.1, 0.15) is 17.9 Å². The molecule has 26 heavy (non-hydrogen) atoms. The van der Waals surface area contributed by atoms with Crippen LogP contribution in [0.25, 0.3) is 0 Å². The predicted octanol–water partition coefficient (Wildman–Crippen LogP) is 5.55. The normalized spacial score (nSPS) is 31.6. The molecular formula is C18H11BrCl4O3. The van der Waals surface area contributed by atoms with Crippen LogP contribution < -0.4 is 0 Å². The molecule has 0 heterocycles. The topological polar surface area (TPSA) is 54.4 Å². The van der Waals surface area contributed by atoms with Gasteiger partial charge in [-0.05, 0) is 30.2 Å². The van der Waals surface area contributed by atoms with Crippen molar-refractivity contribution in [2.75, 3.05) is 0 Å². The average molecular weight is 497 g/mol. The Balaban J connectivity index is 2.38. The first-order valence-corrected chi connectivity index (χ1v) is 9.73. The Hall–Kier alpha value is -0.780. The van der Waals surface area contributed by atoms with E-state index in [0.717, 1.165) is 0 Å². The van der Waals surface area contributed by atoms with Gasteiger partial charge in [0, 0.05) is 16.0 Å². The SMILES string of the molecule is C=CC1=CCC2(Cl)C(=O)C(Cl)=C(Cl)C(=O)C2(Cl)C1c1cc(Br)ccc1O. The molecule has 0 aromatic heterocycles. The van der Waals surface area contributed by atoms with Gasteiger partial charge in [-0.15, -0.1) is 23.2 Å². The average Bonchev–Trinajstić information content (AvgIpc) is 2.62. The minimum Gasteiger partial charge on any atom is -0.508 e. The molecule has 0 bridgehead atoms.